The fraction of sp³-hybridized carbons (Fsp3) is 0.391. The lowest BCUT2D eigenvalue weighted by Crippen LogP contribution is -2.47. The molecule has 10 nitrogen and oxygen atoms in total. The largest absolute Gasteiger partial charge is 0.463 e. The van der Waals surface area contributed by atoms with E-state index in [9.17, 15) is 9.59 Å². The van der Waals surface area contributed by atoms with Crippen molar-refractivity contribution in [2.75, 3.05) is 43.6 Å². The molecule has 0 bridgehead atoms. The molecule has 0 aliphatic carbocycles. The number of rotatable bonds is 10. The van der Waals surface area contributed by atoms with E-state index in [1.165, 1.54) is 16.6 Å². The van der Waals surface area contributed by atoms with Crippen LogP contribution in [0.1, 0.15) is 29.7 Å². The standard InChI is InChI=1S/C23H31N7O3/c1-4-21(32)30-11-9-29(10-12-30)14-18-5-7-19(8-6-18)17(2)26-23-25-13-20(15-33-16-31)22(27-23)28(3)24/h4-8,13,16-17H,1,9-12,14-15,24H2,2-3H3,(H,25,26,27). The minimum atomic E-state index is -0.0273. The topological polar surface area (TPSA) is 117 Å². The summed E-state index contributed by atoms with van der Waals surface area (Å²) in [5, 5.41) is 4.65. The van der Waals surface area contributed by atoms with Crippen LogP contribution in [-0.2, 0) is 27.5 Å². The third-order valence-electron chi connectivity index (χ3n) is 5.57. The monoisotopic (exact) mass is 453 g/mol. The predicted octanol–water partition coefficient (Wildman–Crippen LogP) is 1.46. The van der Waals surface area contributed by atoms with Gasteiger partial charge in [0.1, 0.15) is 6.61 Å². The summed E-state index contributed by atoms with van der Waals surface area (Å²) in [6, 6.07) is 8.39. The van der Waals surface area contributed by atoms with Gasteiger partial charge in [-0.05, 0) is 24.1 Å². The summed E-state index contributed by atoms with van der Waals surface area (Å²) in [4.78, 5) is 35.1. The van der Waals surface area contributed by atoms with Crippen LogP contribution in [0, 0.1) is 0 Å². The highest BCUT2D eigenvalue weighted by Gasteiger charge is 2.19. The van der Waals surface area contributed by atoms with Crippen LogP contribution >= 0.6 is 0 Å². The highest BCUT2D eigenvalue weighted by molar-refractivity contribution is 5.87. The van der Waals surface area contributed by atoms with Crippen molar-refractivity contribution < 1.29 is 14.3 Å². The molecule has 1 aliphatic heterocycles. The Morgan fingerprint density at radius 3 is 2.61 bits per heavy atom. The maximum Gasteiger partial charge on any atom is 0.293 e. The van der Waals surface area contributed by atoms with Crippen molar-refractivity contribution in [1.29, 1.82) is 0 Å². The SMILES string of the molecule is C=CC(=O)N1CCN(Cc2ccc(C(C)Nc3ncc(COC=O)c(N(C)N)n3)cc2)CC1. The summed E-state index contributed by atoms with van der Waals surface area (Å²) in [6.07, 6.45) is 2.97. The van der Waals surface area contributed by atoms with Gasteiger partial charge >= 0.3 is 0 Å². The van der Waals surface area contributed by atoms with E-state index in [-0.39, 0.29) is 18.6 Å². The van der Waals surface area contributed by atoms with Crippen molar-refractivity contribution in [3.63, 3.8) is 0 Å². The van der Waals surface area contributed by atoms with Crippen LogP contribution in [0.25, 0.3) is 0 Å². The number of piperazine rings is 1. The molecule has 1 saturated heterocycles. The lowest BCUT2D eigenvalue weighted by atomic mass is 10.1. The van der Waals surface area contributed by atoms with E-state index in [0.29, 0.717) is 23.8 Å². The van der Waals surface area contributed by atoms with E-state index in [0.717, 1.165) is 38.3 Å². The minimum Gasteiger partial charge on any atom is -0.463 e. The number of nitrogens with one attached hydrogen (secondary N) is 1. The van der Waals surface area contributed by atoms with Gasteiger partial charge in [-0.1, -0.05) is 30.8 Å². The Morgan fingerprint density at radius 1 is 1.30 bits per heavy atom. The Bertz CT molecular complexity index is 957. The molecule has 176 valence electrons. The van der Waals surface area contributed by atoms with Crippen molar-refractivity contribution in [2.45, 2.75) is 26.1 Å². The van der Waals surface area contributed by atoms with E-state index < -0.39 is 0 Å². The van der Waals surface area contributed by atoms with Gasteiger partial charge in [0.15, 0.2) is 5.82 Å². The van der Waals surface area contributed by atoms with E-state index >= 15 is 0 Å². The molecule has 1 atom stereocenters. The van der Waals surface area contributed by atoms with Crippen LogP contribution in [0.4, 0.5) is 11.8 Å². The number of carbonyl (C=O) groups excluding carboxylic acids is 2. The molecule has 1 aromatic carbocycles. The summed E-state index contributed by atoms with van der Waals surface area (Å²) in [6.45, 7) is 10.0. The van der Waals surface area contributed by atoms with Gasteiger partial charge in [-0.25, -0.2) is 10.8 Å². The molecule has 2 aromatic rings. The zero-order valence-electron chi connectivity index (χ0n) is 19.1. The van der Waals surface area contributed by atoms with Crippen LogP contribution in [0.5, 0.6) is 0 Å². The van der Waals surface area contributed by atoms with Crippen molar-refractivity contribution in [2.24, 2.45) is 5.84 Å². The number of nitrogens with two attached hydrogens (primary N) is 1. The maximum absolute atomic E-state index is 11.7. The Labute approximate surface area is 194 Å². The second kappa shape index (κ2) is 11.4. The van der Waals surface area contributed by atoms with Gasteiger partial charge in [-0.15, -0.1) is 0 Å². The van der Waals surface area contributed by atoms with Crippen LogP contribution in [0.2, 0.25) is 0 Å². The fourth-order valence-corrected chi connectivity index (χ4v) is 3.70. The number of amides is 1. The Kier molecular flexibility index (Phi) is 8.34. The van der Waals surface area contributed by atoms with Crippen LogP contribution in [0.15, 0.2) is 43.1 Å². The normalized spacial score (nSPS) is 14.9. The number of aromatic nitrogens is 2. The number of ether oxygens (including phenoxy) is 1. The molecule has 0 saturated carbocycles. The number of hydrogen-bond acceptors (Lipinski definition) is 9. The maximum atomic E-state index is 11.7. The second-order valence-corrected chi connectivity index (χ2v) is 7.97. The first-order valence-electron chi connectivity index (χ1n) is 10.8. The van der Waals surface area contributed by atoms with Crippen molar-refractivity contribution >= 4 is 24.1 Å². The molecule has 0 radical (unpaired) electrons. The highest BCUT2D eigenvalue weighted by Crippen LogP contribution is 2.21. The second-order valence-electron chi connectivity index (χ2n) is 7.97. The summed E-state index contributed by atoms with van der Waals surface area (Å²) in [5.41, 5.74) is 2.93. The average molecular weight is 454 g/mol. The predicted molar refractivity (Wildman–Crippen MR) is 126 cm³/mol. The Balaban J connectivity index is 1.57. The van der Waals surface area contributed by atoms with E-state index in [2.05, 4.69) is 51.0 Å². The highest BCUT2D eigenvalue weighted by atomic mass is 16.5. The van der Waals surface area contributed by atoms with Gasteiger partial charge in [0.05, 0.1) is 11.6 Å². The van der Waals surface area contributed by atoms with Gasteiger partial charge in [0.25, 0.3) is 6.47 Å². The summed E-state index contributed by atoms with van der Waals surface area (Å²) >= 11 is 0. The van der Waals surface area contributed by atoms with E-state index in [1.807, 2.05) is 11.8 Å². The molecule has 1 fully saturated rings. The number of nitrogens with zero attached hydrogens (tertiary/aromatic N) is 5. The molecule has 1 aliphatic rings. The number of carbonyl (C=O) groups is 2. The van der Waals surface area contributed by atoms with E-state index in [4.69, 9.17) is 10.6 Å². The quantitative estimate of drug-likeness (QED) is 0.239. The van der Waals surface area contributed by atoms with Gasteiger partial charge in [0.2, 0.25) is 11.9 Å². The summed E-state index contributed by atoms with van der Waals surface area (Å²) in [5.74, 6) is 6.77. The first-order valence-corrected chi connectivity index (χ1v) is 10.8. The third kappa shape index (κ3) is 6.50. The van der Waals surface area contributed by atoms with Gasteiger partial charge in [-0.2, -0.15) is 4.98 Å². The lowest BCUT2D eigenvalue weighted by molar-refractivity contribution is -0.130. The number of anilines is 2. The molecule has 0 spiro atoms. The number of benzene rings is 1. The van der Waals surface area contributed by atoms with Crippen LogP contribution < -0.4 is 16.2 Å². The molecule has 1 unspecified atom stereocenters. The summed E-state index contributed by atoms with van der Waals surface area (Å²) < 4.78 is 4.80. The van der Waals surface area contributed by atoms with Gasteiger partial charge < -0.3 is 15.0 Å². The zero-order chi connectivity index (χ0) is 23.8. The fourth-order valence-electron chi connectivity index (χ4n) is 3.70. The molecule has 3 rings (SSSR count). The molecule has 33 heavy (non-hydrogen) atoms. The third-order valence-corrected chi connectivity index (χ3v) is 5.57. The molecule has 10 heteroatoms. The molecule has 3 N–H and O–H groups in total. The average Bonchev–Trinajstić information content (AvgIpc) is 2.83. The van der Waals surface area contributed by atoms with Crippen LogP contribution in [-0.4, -0.2) is 65.4 Å². The van der Waals surface area contributed by atoms with Crippen molar-refractivity contribution in [3.05, 3.63) is 59.8 Å². The smallest absolute Gasteiger partial charge is 0.293 e. The molecule has 1 amide bonds. The van der Waals surface area contributed by atoms with Gasteiger partial charge in [0, 0.05) is 46.0 Å². The van der Waals surface area contributed by atoms with Gasteiger partial charge in [-0.3, -0.25) is 19.5 Å². The van der Waals surface area contributed by atoms with Crippen molar-refractivity contribution in [3.8, 4) is 0 Å². The minimum absolute atomic E-state index is 0.00126. The molecule has 1 aromatic heterocycles. The van der Waals surface area contributed by atoms with Crippen LogP contribution in [0.3, 0.4) is 0 Å². The Hall–Kier alpha value is -3.50. The number of hydrogen-bond donors (Lipinski definition) is 2. The molecular formula is C23H31N7O3. The van der Waals surface area contributed by atoms with Crippen molar-refractivity contribution in [1.82, 2.24) is 19.8 Å². The summed E-state index contributed by atoms with van der Waals surface area (Å²) in [7, 11) is 1.66. The zero-order valence-corrected chi connectivity index (χ0v) is 19.1. The first-order chi connectivity index (χ1) is 15.9. The van der Waals surface area contributed by atoms with E-state index in [1.54, 1.807) is 13.2 Å². The molecule has 2 heterocycles. The first kappa shape index (κ1) is 24.1. The Morgan fingerprint density at radius 2 is 2.00 bits per heavy atom. The number of hydrazine groups is 1. The lowest BCUT2D eigenvalue weighted by Gasteiger charge is -2.34. The molecular weight excluding hydrogens is 422 g/mol.